The minimum absolute atomic E-state index is 0.0301. The number of pyridine rings is 1. The number of carboxylic acid groups (broad SMARTS) is 1. The van der Waals surface area contributed by atoms with E-state index in [1.165, 1.54) is 22.8 Å². The third kappa shape index (κ3) is 1.77. The molecule has 1 rings (SSSR count). The molecule has 13 heavy (non-hydrogen) atoms. The van der Waals surface area contributed by atoms with Gasteiger partial charge in [0.25, 0.3) is 5.56 Å². The SMILES string of the molecule is CC(C)n1c(C(=O)O)cccc1=O. The summed E-state index contributed by atoms with van der Waals surface area (Å²) >= 11 is 0. The number of carbonyl (C=O) groups is 1. The van der Waals surface area contributed by atoms with Crippen molar-refractivity contribution >= 4 is 5.97 Å². The number of rotatable bonds is 2. The number of hydrogen-bond donors (Lipinski definition) is 1. The summed E-state index contributed by atoms with van der Waals surface area (Å²) in [7, 11) is 0. The number of aromatic carboxylic acids is 1. The zero-order valence-corrected chi connectivity index (χ0v) is 7.52. The first-order valence-electron chi connectivity index (χ1n) is 3.99. The van der Waals surface area contributed by atoms with E-state index in [1.807, 2.05) is 0 Å². The lowest BCUT2D eigenvalue weighted by atomic mass is 10.3. The molecular formula is C9H11NO3. The lowest BCUT2D eigenvalue weighted by Crippen LogP contribution is -2.26. The van der Waals surface area contributed by atoms with Crippen LogP contribution < -0.4 is 5.56 Å². The number of hydrogen-bond acceptors (Lipinski definition) is 2. The molecule has 4 heteroatoms. The van der Waals surface area contributed by atoms with Crippen molar-refractivity contribution in [2.45, 2.75) is 19.9 Å². The molecule has 70 valence electrons. The molecule has 0 amide bonds. The lowest BCUT2D eigenvalue weighted by molar-refractivity contribution is 0.0681. The Labute approximate surface area is 75.4 Å². The van der Waals surface area contributed by atoms with Gasteiger partial charge in [0.1, 0.15) is 5.69 Å². The summed E-state index contributed by atoms with van der Waals surface area (Å²) < 4.78 is 1.25. The summed E-state index contributed by atoms with van der Waals surface area (Å²) in [4.78, 5) is 22.0. The maximum atomic E-state index is 11.3. The van der Waals surface area contributed by atoms with Gasteiger partial charge in [0.2, 0.25) is 0 Å². The van der Waals surface area contributed by atoms with Crippen LogP contribution in [0.2, 0.25) is 0 Å². The van der Waals surface area contributed by atoms with Crippen LogP contribution in [0.3, 0.4) is 0 Å². The number of aromatic nitrogens is 1. The third-order valence-electron chi connectivity index (χ3n) is 1.73. The molecule has 4 nitrogen and oxygen atoms in total. The Hall–Kier alpha value is -1.58. The standard InChI is InChI=1S/C9H11NO3/c1-6(2)10-7(9(12)13)4-3-5-8(10)11/h3-6H,1-2H3,(H,12,13). The Bertz CT molecular complexity index is 379. The van der Waals surface area contributed by atoms with Gasteiger partial charge in [0.15, 0.2) is 0 Å². The summed E-state index contributed by atoms with van der Waals surface area (Å²) in [6.07, 6.45) is 0. The van der Waals surface area contributed by atoms with E-state index >= 15 is 0 Å². The molecule has 0 saturated heterocycles. The molecule has 0 atom stereocenters. The highest BCUT2D eigenvalue weighted by molar-refractivity contribution is 5.85. The Morgan fingerprint density at radius 2 is 2.08 bits per heavy atom. The molecular weight excluding hydrogens is 170 g/mol. The largest absolute Gasteiger partial charge is 0.477 e. The molecule has 1 heterocycles. The molecule has 0 radical (unpaired) electrons. The maximum Gasteiger partial charge on any atom is 0.352 e. The van der Waals surface area contributed by atoms with Crippen molar-refractivity contribution in [2.75, 3.05) is 0 Å². The van der Waals surface area contributed by atoms with Gasteiger partial charge in [-0.3, -0.25) is 9.36 Å². The molecule has 0 aliphatic rings. The summed E-state index contributed by atoms with van der Waals surface area (Å²) in [5.74, 6) is -1.08. The smallest absolute Gasteiger partial charge is 0.352 e. The van der Waals surface area contributed by atoms with Gasteiger partial charge in [-0.05, 0) is 19.9 Å². The highest BCUT2D eigenvalue weighted by Crippen LogP contribution is 2.05. The first kappa shape index (κ1) is 9.51. The molecule has 0 saturated carbocycles. The van der Waals surface area contributed by atoms with E-state index in [0.29, 0.717) is 0 Å². The number of nitrogens with zero attached hydrogens (tertiary/aromatic N) is 1. The summed E-state index contributed by atoms with van der Waals surface area (Å²) in [6, 6.07) is 4.08. The van der Waals surface area contributed by atoms with E-state index in [4.69, 9.17) is 5.11 Å². The summed E-state index contributed by atoms with van der Waals surface area (Å²) in [5.41, 5.74) is -0.252. The lowest BCUT2D eigenvalue weighted by Gasteiger charge is -2.12. The average Bonchev–Trinajstić information content (AvgIpc) is 2.02. The van der Waals surface area contributed by atoms with Crippen LogP contribution in [-0.2, 0) is 0 Å². The average molecular weight is 181 g/mol. The predicted molar refractivity (Wildman–Crippen MR) is 48.0 cm³/mol. The Morgan fingerprint density at radius 1 is 1.46 bits per heavy atom. The topological polar surface area (TPSA) is 59.3 Å². The van der Waals surface area contributed by atoms with Gasteiger partial charge < -0.3 is 5.11 Å². The van der Waals surface area contributed by atoms with Gasteiger partial charge >= 0.3 is 5.97 Å². The summed E-state index contributed by atoms with van der Waals surface area (Å²) in [5, 5.41) is 8.78. The van der Waals surface area contributed by atoms with E-state index < -0.39 is 5.97 Å². The Morgan fingerprint density at radius 3 is 2.46 bits per heavy atom. The van der Waals surface area contributed by atoms with Crippen molar-refractivity contribution in [2.24, 2.45) is 0 Å². The zero-order valence-electron chi connectivity index (χ0n) is 7.52. The van der Waals surface area contributed by atoms with Crippen LogP contribution >= 0.6 is 0 Å². The normalized spacial score (nSPS) is 10.4. The van der Waals surface area contributed by atoms with E-state index in [2.05, 4.69) is 0 Å². The molecule has 0 fully saturated rings. The molecule has 1 aromatic heterocycles. The minimum atomic E-state index is -1.08. The monoisotopic (exact) mass is 181 g/mol. The highest BCUT2D eigenvalue weighted by Gasteiger charge is 2.11. The molecule has 0 bridgehead atoms. The molecule has 1 N–H and O–H groups in total. The molecule has 0 aromatic carbocycles. The second-order valence-electron chi connectivity index (χ2n) is 3.02. The first-order valence-corrected chi connectivity index (χ1v) is 3.99. The van der Waals surface area contributed by atoms with Crippen molar-refractivity contribution in [1.82, 2.24) is 4.57 Å². The van der Waals surface area contributed by atoms with Gasteiger partial charge in [0, 0.05) is 12.1 Å². The maximum absolute atomic E-state index is 11.3. The van der Waals surface area contributed by atoms with Gasteiger partial charge in [0.05, 0.1) is 0 Å². The van der Waals surface area contributed by atoms with Crippen molar-refractivity contribution in [1.29, 1.82) is 0 Å². The fourth-order valence-electron chi connectivity index (χ4n) is 1.21. The van der Waals surface area contributed by atoms with E-state index in [9.17, 15) is 9.59 Å². The molecule has 0 spiro atoms. The van der Waals surface area contributed by atoms with Crippen molar-refractivity contribution in [3.63, 3.8) is 0 Å². The van der Waals surface area contributed by atoms with Gasteiger partial charge in [-0.25, -0.2) is 4.79 Å². The predicted octanol–water partition coefficient (Wildman–Crippen LogP) is 1.13. The highest BCUT2D eigenvalue weighted by atomic mass is 16.4. The van der Waals surface area contributed by atoms with Gasteiger partial charge in [-0.2, -0.15) is 0 Å². The fraction of sp³-hybridized carbons (Fsp3) is 0.333. The van der Waals surface area contributed by atoms with Crippen molar-refractivity contribution in [3.05, 3.63) is 34.2 Å². The van der Waals surface area contributed by atoms with Crippen LogP contribution in [0.1, 0.15) is 30.4 Å². The molecule has 0 aliphatic carbocycles. The summed E-state index contributed by atoms with van der Waals surface area (Å²) in [6.45, 7) is 3.54. The molecule has 1 aromatic rings. The van der Waals surface area contributed by atoms with E-state index in [0.717, 1.165) is 0 Å². The molecule has 0 unspecified atom stereocenters. The first-order chi connectivity index (χ1) is 6.04. The zero-order chi connectivity index (χ0) is 10.0. The second-order valence-corrected chi connectivity index (χ2v) is 3.02. The van der Waals surface area contributed by atoms with Crippen LogP contribution in [0, 0.1) is 0 Å². The van der Waals surface area contributed by atoms with Crippen molar-refractivity contribution < 1.29 is 9.90 Å². The number of carboxylic acids is 1. The van der Waals surface area contributed by atoms with Crippen molar-refractivity contribution in [3.8, 4) is 0 Å². The van der Waals surface area contributed by atoms with Crippen LogP contribution in [0.5, 0.6) is 0 Å². The van der Waals surface area contributed by atoms with Crippen LogP contribution in [-0.4, -0.2) is 15.6 Å². The Balaban J connectivity index is 3.43. The quantitative estimate of drug-likeness (QED) is 0.743. The third-order valence-corrected chi connectivity index (χ3v) is 1.73. The second kappa shape index (κ2) is 3.43. The van der Waals surface area contributed by atoms with Crippen LogP contribution in [0.15, 0.2) is 23.0 Å². The van der Waals surface area contributed by atoms with Crippen LogP contribution in [0.25, 0.3) is 0 Å². The fourth-order valence-corrected chi connectivity index (χ4v) is 1.21. The Kier molecular flexibility index (Phi) is 2.51. The minimum Gasteiger partial charge on any atom is -0.477 e. The van der Waals surface area contributed by atoms with Gasteiger partial charge in [-0.1, -0.05) is 6.07 Å². The molecule has 0 aliphatic heterocycles. The van der Waals surface area contributed by atoms with Crippen LogP contribution in [0.4, 0.5) is 0 Å². The van der Waals surface area contributed by atoms with E-state index in [1.54, 1.807) is 13.8 Å². The van der Waals surface area contributed by atoms with E-state index in [-0.39, 0.29) is 17.3 Å². The van der Waals surface area contributed by atoms with Gasteiger partial charge in [-0.15, -0.1) is 0 Å².